The molecule has 1 aliphatic heterocycles. The largest absolute Gasteiger partial charge is 0.443 e. The van der Waals surface area contributed by atoms with Crippen molar-refractivity contribution in [2.75, 3.05) is 46.9 Å². The molecule has 0 saturated carbocycles. The summed E-state index contributed by atoms with van der Waals surface area (Å²) in [7, 11) is -1.37. The predicted octanol–water partition coefficient (Wildman–Crippen LogP) is 4.00. The Bertz CT molecular complexity index is 1410. The number of halogens is 3. The molecule has 42 heavy (non-hydrogen) atoms. The van der Waals surface area contributed by atoms with E-state index in [1.165, 1.54) is 16.8 Å². The van der Waals surface area contributed by atoms with Gasteiger partial charge in [-0.3, -0.25) is 14.7 Å². The first kappa shape index (κ1) is 33.0. The zero-order valence-corrected chi connectivity index (χ0v) is 25.0. The second-order valence-electron chi connectivity index (χ2n) is 10.7. The van der Waals surface area contributed by atoms with Gasteiger partial charge >= 0.3 is 12.3 Å². The molecule has 0 atom stereocenters. The summed E-state index contributed by atoms with van der Waals surface area (Å²) in [4.78, 5) is 32.0. The van der Waals surface area contributed by atoms with Crippen LogP contribution < -0.4 is 0 Å². The van der Waals surface area contributed by atoms with Gasteiger partial charge in [-0.2, -0.15) is 17.5 Å². The highest BCUT2D eigenvalue weighted by Gasteiger charge is 2.32. The second kappa shape index (κ2) is 13.2. The van der Waals surface area contributed by atoms with Crippen LogP contribution in [0.2, 0.25) is 0 Å². The van der Waals surface area contributed by atoms with Crippen LogP contribution in [0.15, 0.2) is 58.4 Å². The number of hydrogen-bond donors (Lipinski definition) is 0. The molecule has 2 amide bonds. The lowest BCUT2D eigenvalue weighted by atomic mass is 10.1. The summed E-state index contributed by atoms with van der Waals surface area (Å²) in [6, 6.07) is 10.8. The number of amidine groups is 1. The van der Waals surface area contributed by atoms with Crippen molar-refractivity contribution in [3.63, 3.8) is 0 Å². The second-order valence-corrected chi connectivity index (χ2v) is 12.7. The lowest BCUT2D eigenvalue weighted by Crippen LogP contribution is -2.39. The van der Waals surface area contributed by atoms with Crippen LogP contribution in [0.1, 0.15) is 37.5 Å². The smallest absolute Gasteiger partial charge is 0.416 e. The molecule has 0 spiro atoms. The van der Waals surface area contributed by atoms with Crippen molar-refractivity contribution >= 4 is 27.9 Å². The predicted molar refractivity (Wildman–Crippen MR) is 149 cm³/mol. The zero-order valence-electron chi connectivity index (χ0n) is 24.1. The Kier molecular flexibility index (Phi) is 10.4. The maximum Gasteiger partial charge on any atom is 0.416 e. The Morgan fingerprint density at radius 2 is 1.71 bits per heavy atom. The number of nitrogens with zero attached hydrogens (tertiary/aromatic N) is 4. The molecule has 1 aliphatic rings. The van der Waals surface area contributed by atoms with Crippen molar-refractivity contribution < 1.29 is 40.7 Å². The summed E-state index contributed by atoms with van der Waals surface area (Å²) >= 11 is 0. The fourth-order valence-electron chi connectivity index (χ4n) is 3.91. The van der Waals surface area contributed by atoms with E-state index in [2.05, 4.69) is 4.99 Å². The van der Waals surface area contributed by atoms with E-state index in [9.17, 15) is 31.2 Å². The minimum absolute atomic E-state index is 0.140. The molecule has 0 bridgehead atoms. The monoisotopic (exact) mass is 612 g/mol. The van der Waals surface area contributed by atoms with Crippen LogP contribution >= 0.6 is 0 Å². The molecule has 0 N–H and O–H groups in total. The molecule has 14 heteroatoms. The number of aliphatic imine (C=N–C) groups is 1. The van der Waals surface area contributed by atoms with E-state index in [0.29, 0.717) is 25.0 Å². The maximum atomic E-state index is 13.0. The molecule has 2 aromatic carbocycles. The molecule has 0 aliphatic carbocycles. The highest BCUT2D eigenvalue weighted by atomic mass is 32.2. The first-order valence-electron chi connectivity index (χ1n) is 13.1. The molecule has 230 valence electrons. The minimum Gasteiger partial charge on any atom is -0.443 e. The summed E-state index contributed by atoms with van der Waals surface area (Å²) in [6.45, 7) is 5.94. The van der Waals surface area contributed by atoms with Gasteiger partial charge in [-0.1, -0.05) is 30.3 Å². The highest BCUT2D eigenvalue weighted by molar-refractivity contribution is 7.89. The third kappa shape index (κ3) is 8.76. The van der Waals surface area contributed by atoms with Crippen molar-refractivity contribution in [2.45, 2.75) is 44.0 Å². The number of ether oxygens (including phenoxy) is 2. The normalized spacial score (nSPS) is 14.2. The van der Waals surface area contributed by atoms with E-state index in [1.54, 1.807) is 27.8 Å². The molecule has 2 aromatic rings. The summed E-state index contributed by atoms with van der Waals surface area (Å²) in [5.74, 6) is 0.174. The number of carbonyl (C=O) groups is 2. The molecule has 0 fully saturated rings. The Balaban J connectivity index is 1.48. The molecular formula is C28H35F3N4O6S. The molecule has 0 saturated heterocycles. The minimum atomic E-state index is -4.67. The van der Waals surface area contributed by atoms with E-state index in [-0.39, 0.29) is 32.2 Å². The molecule has 0 aromatic heterocycles. The van der Waals surface area contributed by atoms with Gasteiger partial charge in [0.25, 0.3) is 0 Å². The van der Waals surface area contributed by atoms with Crippen LogP contribution in [-0.2, 0) is 37.0 Å². The maximum absolute atomic E-state index is 13.0. The molecular weight excluding hydrogens is 577 g/mol. The van der Waals surface area contributed by atoms with Crippen LogP contribution in [0.25, 0.3) is 0 Å². The van der Waals surface area contributed by atoms with Crippen molar-refractivity contribution in [1.29, 1.82) is 0 Å². The fraction of sp³-hybridized carbons (Fsp3) is 0.464. The molecule has 0 radical (unpaired) electrons. The van der Waals surface area contributed by atoms with Gasteiger partial charge in [0.05, 0.1) is 30.2 Å². The average molecular weight is 613 g/mol. The molecule has 10 nitrogen and oxygen atoms in total. The fourth-order valence-corrected chi connectivity index (χ4v) is 5.11. The Morgan fingerprint density at radius 1 is 1.05 bits per heavy atom. The third-order valence-corrected chi connectivity index (χ3v) is 8.01. The van der Waals surface area contributed by atoms with Gasteiger partial charge in [0.2, 0.25) is 15.9 Å². The topological polar surface area (TPSA) is 109 Å². The number of carbonyl (C=O) groups excluding carboxylic acids is 2. The number of alkyl halides is 3. The van der Waals surface area contributed by atoms with Crippen molar-refractivity contribution in [2.24, 2.45) is 4.99 Å². The van der Waals surface area contributed by atoms with Crippen LogP contribution in [-0.4, -0.2) is 92.9 Å². The van der Waals surface area contributed by atoms with Gasteiger partial charge in [0.1, 0.15) is 18.0 Å². The van der Waals surface area contributed by atoms with Gasteiger partial charge in [-0.25, -0.2) is 13.2 Å². The molecule has 1 heterocycles. The number of hydrogen-bond acceptors (Lipinski definition) is 7. The lowest BCUT2D eigenvalue weighted by Gasteiger charge is -2.25. The van der Waals surface area contributed by atoms with Crippen LogP contribution in [0.4, 0.5) is 18.0 Å². The lowest BCUT2D eigenvalue weighted by molar-refractivity contribution is -0.137. The average Bonchev–Trinajstić information content (AvgIpc) is 3.40. The van der Waals surface area contributed by atoms with Crippen LogP contribution in [0.5, 0.6) is 0 Å². The van der Waals surface area contributed by atoms with Gasteiger partial charge in [0.15, 0.2) is 0 Å². The Morgan fingerprint density at radius 3 is 2.33 bits per heavy atom. The summed E-state index contributed by atoms with van der Waals surface area (Å²) in [5, 5.41) is 0. The first-order valence-corrected chi connectivity index (χ1v) is 14.5. The number of rotatable bonds is 10. The highest BCUT2D eigenvalue weighted by Crippen LogP contribution is 2.31. The van der Waals surface area contributed by atoms with Crippen molar-refractivity contribution in [3.05, 3.63) is 65.2 Å². The molecule has 0 unspecified atom stereocenters. The van der Waals surface area contributed by atoms with E-state index < -0.39 is 38.4 Å². The van der Waals surface area contributed by atoms with Crippen molar-refractivity contribution in [3.8, 4) is 0 Å². The van der Waals surface area contributed by atoms with Gasteiger partial charge in [-0.05, 0) is 44.5 Å². The van der Waals surface area contributed by atoms with E-state index in [4.69, 9.17) is 9.47 Å². The first-order chi connectivity index (χ1) is 19.5. The SMILES string of the molecule is CN(Cc1ccc(C2=NCCN2C(=O)OC(C)(C)C)cc1)C(=O)COCCN(C)S(=O)(=O)c1cccc(C(F)(F)F)c1. The standard InChI is InChI=1S/C28H35F3N4O6S/c1-27(2,3)41-26(37)35-14-13-32-25(35)21-11-9-20(10-12-21)18-33(4)24(36)19-40-16-15-34(5)42(38,39)23-8-6-7-22(17-23)28(29,30)31/h6-12,17H,13-16,18-19H2,1-5H3. The molecule has 3 rings (SSSR count). The van der Waals surface area contributed by atoms with Crippen molar-refractivity contribution in [1.82, 2.24) is 14.1 Å². The van der Waals surface area contributed by atoms with Gasteiger partial charge in [-0.15, -0.1) is 0 Å². The van der Waals surface area contributed by atoms with Crippen LogP contribution in [0, 0.1) is 0 Å². The Hall–Kier alpha value is -3.49. The Labute approximate surface area is 243 Å². The number of sulfonamides is 1. The third-order valence-electron chi connectivity index (χ3n) is 6.16. The summed E-state index contributed by atoms with van der Waals surface area (Å²) in [6.07, 6.45) is -5.14. The van der Waals surface area contributed by atoms with Crippen LogP contribution in [0.3, 0.4) is 0 Å². The van der Waals surface area contributed by atoms with E-state index >= 15 is 0 Å². The quantitative estimate of drug-likeness (QED) is 0.376. The number of amides is 2. The van der Waals surface area contributed by atoms with E-state index in [0.717, 1.165) is 33.6 Å². The number of likely N-dealkylation sites (N-methyl/N-ethyl adjacent to an activating group) is 2. The van der Waals surface area contributed by atoms with E-state index in [1.807, 2.05) is 24.3 Å². The van der Waals surface area contributed by atoms with Gasteiger partial charge in [0, 0.05) is 32.7 Å². The number of benzene rings is 2. The van der Waals surface area contributed by atoms with Gasteiger partial charge < -0.3 is 14.4 Å². The zero-order chi connectivity index (χ0) is 31.3. The summed E-state index contributed by atoms with van der Waals surface area (Å²) < 4.78 is 75.9. The summed E-state index contributed by atoms with van der Waals surface area (Å²) in [5.41, 5.74) is -0.130.